The summed E-state index contributed by atoms with van der Waals surface area (Å²) in [5.74, 6) is -0.880. The van der Waals surface area contributed by atoms with Gasteiger partial charge in [-0.3, -0.25) is 9.52 Å². The summed E-state index contributed by atoms with van der Waals surface area (Å²) in [4.78, 5) is 19.5. The molecule has 4 rings (SSSR count). The van der Waals surface area contributed by atoms with Gasteiger partial charge in [0.05, 0.1) is 42.3 Å². The van der Waals surface area contributed by atoms with Crippen molar-refractivity contribution in [3.8, 4) is 5.88 Å². The van der Waals surface area contributed by atoms with Crippen LogP contribution in [0.5, 0.6) is 5.88 Å². The Bertz CT molecular complexity index is 1270. The Kier molecular flexibility index (Phi) is 8.07. The first-order valence-corrected chi connectivity index (χ1v) is 14.0. The SMILES string of the molecule is Cc1cc(NC(=O)c2ccc(NS(=O)(=O)CCO)cc2N2CCC3(CC2)CC3)nc(OCCC(F)(F)F)c1. The summed E-state index contributed by atoms with van der Waals surface area (Å²) >= 11 is 0. The molecular weight excluding hydrogens is 525 g/mol. The van der Waals surface area contributed by atoms with E-state index in [-0.39, 0.29) is 17.4 Å². The molecule has 0 atom stereocenters. The Balaban J connectivity index is 1.55. The normalized spacial score (nSPS) is 16.8. The number of aromatic nitrogens is 1. The van der Waals surface area contributed by atoms with Gasteiger partial charge in [0.1, 0.15) is 5.82 Å². The molecule has 1 aliphatic heterocycles. The fraction of sp³-hybridized carbons (Fsp3) is 0.520. The van der Waals surface area contributed by atoms with E-state index in [1.165, 1.54) is 31.0 Å². The zero-order valence-electron chi connectivity index (χ0n) is 21.0. The van der Waals surface area contributed by atoms with Crippen molar-refractivity contribution in [1.29, 1.82) is 0 Å². The molecule has 13 heteroatoms. The summed E-state index contributed by atoms with van der Waals surface area (Å²) in [6.07, 6.45) is -1.13. The van der Waals surface area contributed by atoms with Crippen LogP contribution in [0, 0.1) is 12.3 Å². The van der Waals surface area contributed by atoms with Crippen molar-refractivity contribution in [2.75, 3.05) is 47.0 Å². The van der Waals surface area contributed by atoms with Gasteiger partial charge in [-0.2, -0.15) is 18.2 Å². The number of halogens is 3. The van der Waals surface area contributed by atoms with Gasteiger partial charge in [-0.1, -0.05) is 0 Å². The lowest BCUT2D eigenvalue weighted by Gasteiger charge is -2.35. The average Bonchev–Trinajstić information content (AvgIpc) is 3.56. The van der Waals surface area contributed by atoms with Crippen LogP contribution in [0.4, 0.5) is 30.4 Å². The lowest BCUT2D eigenvalue weighted by atomic mass is 9.93. The minimum atomic E-state index is -4.36. The van der Waals surface area contributed by atoms with Gasteiger partial charge in [0.25, 0.3) is 5.91 Å². The minimum Gasteiger partial charge on any atom is -0.477 e. The van der Waals surface area contributed by atoms with Crippen molar-refractivity contribution in [2.45, 2.75) is 45.2 Å². The largest absolute Gasteiger partial charge is 0.477 e. The molecule has 3 N–H and O–H groups in total. The Morgan fingerprint density at radius 1 is 1.16 bits per heavy atom. The van der Waals surface area contributed by atoms with Gasteiger partial charge in [0.15, 0.2) is 0 Å². The van der Waals surface area contributed by atoms with Gasteiger partial charge in [-0.05, 0) is 67.9 Å². The molecule has 0 radical (unpaired) electrons. The predicted molar refractivity (Wildman–Crippen MR) is 137 cm³/mol. The van der Waals surface area contributed by atoms with Crippen molar-refractivity contribution < 1.29 is 36.2 Å². The van der Waals surface area contributed by atoms with E-state index in [0.29, 0.717) is 35.3 Å². The first-order valence-electron chi connectivity index (χ1n) is 12.4. The Hall–Kier alpha value is -3.06. The number of aryl methyl sites for hydroxylation is 1. The number of anilines is 3. The highest BCUT2D eigenvalue weighted by Gasteiger charge is 2.44. The Labute approximate surface area is 219 Å². The lowest BCUT2D eigenvalue weighted by molar-refractivity contribution is -0.139. The Morgan fingerprint density at radius 3 is 2.50 bits per heavy atom. The van der Waals surface area contributed by atoms with Crippen LogP contribution in [0.1, 0.15) is 48.0 Å². The molecule has 9 nitrogen and oxygen atoms in total. The number of benzene rings is 1. The summed E-state index contributed by atoms with van der Waals surface area (Å²) < 4.78 is 69.3. The van der Waals surface area contributed by atoms with Gasteiger partial charge < -0.3 is 20.1 Å². The third-order valence-corrected chi connectivity index (χ3v) is 8.09. The first-order chi connectivity index (χ1) is 17.9. The molecule has 1 amide bonds. The Morgan fingerprint density at radius 2 is 1.87 bits per heavy atom. The molecule has 1 aliphatic carbocycles. The number of hydrogen-bond donors (Lipinski definition) is 3. The van der Waals surface area contributed by atoms with Crippen molar-refractivity contribution in [3.63, 3.8) is 0 Å². The zero-order valence-corrected chi connectivity index (χ0v) is 21.8. The van der Waals surface area contributed by atoms with Crippen molar-refractivity contribution in [3.05, 3.63) is 41.5 Å². The van der Waals surface area contributed by atoms with Gasteiger partial charge in [0.2, 0.25) is 15.9 Å². The van der Waals surface area contributed by atoms with Crippen LogP contribution >= 0.6 is 0 Å². The maximum Gasteiger partial charge on any atom is 0.392 e. The highest BCUT2D eigenvalue weighted by Crippen LogP contribution is 2.54. The second kappa shape index (κ2) is 11.0. The van der Waals surface area contributed by atoms with Crippen LogP contribution < -0.4 is 19.7 Å². The molecule has 0 unspecified atom stereocenters. The number of piperidine rings is 1. The van der Waals surface area contributed by atoms with Crippen molar-refractivity contribution in [1.82, 2.24) is 4.98 Å². The third-order valence-electron chi connectivity index (χ3n) is 6.82. The predicted octanol–water partition coefficient (Wildman–Crippen LogP) is 4.09. The molecule has 1 saturated heterocycles. The molecule has 1 saturated carbocycles. The second-order valence-corrected chi connectivity index (χ2v) is 11.7. The number of nitrogens with zero attached hydrogens (tertiary/aromatic N) is 2. The van der Waals surface area contributed by atoms with Crippen LogP contribution in [-0.4, -0.2) is 62.6 Å². The number of nitrogens with one attached hydrogen (secondary N) is 2. The number of alkyl halides is 3. The van der Waals surface area contributed by atoms with E-state index in [2.05, 4.69) is 19.9 Å². The molecular formula is C25H31F3N4O5S. The van der Waals surface area contributed by atoms with Crippen LogP contribution in [0.2, 0.25) is 0 Å². The van der Waals surface area contributed by atoms with E-state index >= 15 is 0 Å². The summed E-state index contributed by atoms with van der Waals surface area (Å²) in [6, 6.07) is 7.63. The van der Waals surface area contributed by atoms with E-state index in [0.717, 1.165) is 12.8 Å². The highest BCUT2D eigenvalue weighted by molar-refractivity contribution is 7.92. The van der Waals surface area contributed by atoms with E-state index in [1.807, 2.05) is 0 Å². The van der Waals surface area contributed by atoms with Crippen LogP contribution in [0.15, 0.2) is 30.3 Å². The summed E-state index contributed by atoms with van der Waals surface area (Å²) in [5.41, 5.74) is 2.14. The van der Waals surface area contributed by atoms with E-state index in [9.17, 15) is 26.4 Å². The van der Waals surface area contributed by atoms with Crippen LogP contribution in [0.3, 0.4) is 0 Å². The molecule has 0 bridgehead atoms. The molecule has 2 heterocycles. The van der Waals surface area contributed by atoms with Gasteiger partial charge in [-0.25, -0.2) is 8.42 Å². The van der Waals surface area contributed by atoms with Crippen LogP contribution in [0.25, 0.3) is 0 Å². The number of hydrogen-bond acceptors (Lipinski definition) is 7. The molecule has 2 fully saturated rings. The number of carbonyl (C=O) groups is 1. The number of aliphatic hydroxyl groups excluding tert-OH is 1. The monoisotopic (exact) mass is 556 g/mol. The number of ether oxygens (including phenoxy) is 1. The molecule has 2 aromatic rings. The van der Waals surface area contributed by atoms with Gasteiger partial charge in [-0.15, -0.1) is 0 Å². The molecule has 38 heavy (non-hydrogen) atoms. The number of carbonyl (C=O) groups excluding carboxylic acids is 1. The first kappa shape index (κ1) is 28.0. The average molecular weight is 557 g/mol. The topological polar surface area (TPSA) is 121 Å². The summed E-state index contributed by atoms with van der Waals surface area (Å²) in [6.45, 7) is 2.01. The molecule has 1 aromatic heterocycles. The fourth-order valence-corrected chi connectivity index (χ4v) is 5.36. The minimum absolute atomic E-state index is 0.0378. The maximum atomic E-state index is 13.3. The number of rotatable bonds is 10. The highest BCUT2D eigenvalue weighted by atomic mass is 32.2. The number of aliphatic hydroxyl groups is 1. The standard InChI is InChI=1S/C25H31F3N4O5S/c1-17-14-21(29-22(15-17)37-12-8-25(26,27)28)30-23(34)19-3-2-18(31-38(35,36)13-11-33)16-20(19)32-9-6-24(4-5-24)7-10-32/h2-3,14-16,31,33H,4-13H2,1H3,(H,29,30,34). The van der Waals surface area contributed by atoms with Crippen LogP contribution in [-0.2, 0) is 10.0 Å². The molecule has 1 spiro atoms. The smallest absolute Gasteiger partial charge is 0.392 e. The lowest BCUT2D eigenvalue weighted by Crippen LogP contribution is -2.35. The summed E-state index contributed by atoms with van der Waals surface area (Å²) in [5, 5.41) is 11.7. The fourth-order valence-electron chi connectivity index (χ4n) is 4.53. The van der Waals surface area contributed by atoms with Gasteiger partial charge >= 0.3 is 6.18 Å². The second-order valence-electron chi connectivity index (χ2n) is 9.90. The van der Waals surface area contributed by atoms with Crippen molar-refractivity contribution >= 4 is 33.1 Å². The van der Waals surface area contributed by atoms with E-state index in [4.69, 9.17) is 9.84 Å². The van der Waals surface area contributed by atoms with E-state index < -0.39 is 47.5 Å². The number of pyridine rings is 1. The maximum absolute atomic E-state index is 13.3. The third kappa shape index (κ3) is 7.50. The van der Waals surface area contributed by atoms with Crippen molar-refractivity contribution in [2.24, 2.45) is 5.41 Å². The quantitative estimate of drug-likeness (QED) is 0.403. The molecule has 1 aromatic carbocycles. The zero-order chi connectivity index (χ0) is 27.6. The number of sulfonamides is 1. The summed E-state index contributed by atoms with van der Waals surface area (Å²) in [7, 11) is -3.76. The number of amides is 1. The molecule has 208 valence electrons. The molecule has 2 aliphatic rings. The van der Waals surface area contributed by atoms with E-state index in [1.54, 1.807) is 19.1 Å². The van der Waals surface area contributed by atoms with Gasteiger partial charge in [0, 0.05) is 19.2 Å².